The van der Waals surface area contributed by atoms with Crippen molar-refractivity contribution in [1.82, 2.24) is 0 Å². The third-order valence-corrected chi connectivity index (χ3v) is 3.94. The van der Waals surface area contributed by atoms with Gasteiger partial charge in [0, 0.05) is 17.8 Å². The highest BCUT2D eigenvalue weighted by Gasteiger charge is 2.31. The second-order valence-electron chi connectivity index (χ2n) is 5.37. The van der Waals surface area contributed by atoms with Crippen molar-refractivity contribution in [2.75, 3.05) is 4.90 Å². The first-order chi connectivity index (χ1) is 8.52. The first-order valence-electron chi connectivity index (χ1n) is 6.69. The van der Waals surface area contributed by atoms with E-state index >= 15 is 0 Å². The lowest BCUT2D eigenvalue weighted by molar-refractivity contribution is -0.122. The molecule has 18 heavy (non-hydrogen) atoms. The van der Waals surface area contributed by atoms with E-state index in [1.807, 2.05) is 36.9 Å². The molecule has 2 N–H and O–H groups in total. The third kappa shape index (κ3) is 2.27. The summed E-state index contributed by atoms with van der Waals surface area (Å²) in [6.45, 7) is 5.92. The SMILES string of the molecule is CC(N)C(C)C(=O)N1c2ccccc2CCC1C. The molecule has 1 aromatic rings. The molecule has 3 heteroatoms. The van der Waals surface area contributed by atoms with Gasteiger partial charge in [0.15, 0.2) is 0 Å². The second kappa shape index (κ2) is 5.11. The minimum absolute atomic E-state index is 0.112. The van der Waals surface area contributed by atoms with Crippen molar-refractivity contribution in [2.24, 2.45) is 11.7 Å². The van der Waals surface area contributed by atoms with Crippen LogP contribution in [0.15, 0.2) is 24.3 Å². The smallest absolute Gasteiger partial charge is 0.231 e. The first kappa shape index (κ1) is 13.1. The lowest BCUT2D eigenvalue weighted by atomic mass is 9.93. The highest BCUT2D eigenvalue weighted by atomic mass is 16.2. The maximum Gasteiger partial charge on any atom is 0.231 e. The van der Waals surface area contributed by atoms with E-state index in [9.17, 15) is 4.79 Å². The fraction of sp³-hybridized carbons (Fsp3) is 0.533. The summed E-state index contributed by atoms with van der Waals surface area (Å²) in [6, 6.07) is 8.32. The molecular weight excluding hydrogens is 224 g/mol. The van der Waals surface area contributed by atoms with Gasteiger partial charge in [0.1, 0.15) is 0 Å². The van der Waals surface area contributed by atoms with E-state index in [0.717, 1.165) is 18.5 Å². The Bertz CT molecular complexity index is 442. The van der Waals surface area contributed by atoms with Crippen LogP contribution >= 0.6 is 0 Å². The molecule has 1 aliphatic rings. The number of hydrogen-bond acceptors (Lipinski definition) is 2. The summed E-state index contributed by atoms with van der Waals surface area (Å²) in [5, 5.41) is 0. The molecule has 1 heterocycles. The van der Waals surface area contributed by atoms with Gasteiger partial charge in [-0.05, 0) is 38.3 Å². The summed E-state index contributed by atoms with van der Waals surface area (Å²) in [6.07, 6.45) is 2.07. The van der Waals surface area contributed by atoms with Crippen LogP contribution in [-0.4, -0.2) is 18.0 Å². The number of nitrogens with zero attached hydrogens (tertiary/aromatic N) is 1. The Balaban J connectivity index is 2.35. The molecule has 0 spiro atoms. The van der Waals surface area contributed by atoms with Gasteiger partial charge < -0.3 is 10.6 Å². The molecule has 3 atom stereocenters. The third-order valence-electron chi connectivity index (χ3n) is 3.94. The second-order valence-corrected chi connectivity index (χ2v) is 5.37. The Morgan fingerprint density at radius 2 is 2.06 bits per heavy atom. The van der Waals surface area contributed by atoms with Gasteiger partial charge in [-0.25, -0.2) is 0 Å². The van der Waals surface area contributed by atoms with Gasteiger partial charge in [0.05, 0.1) is 5.92 Å². The van der Waals surface area contributed by atoms with Crippen molar-refractivity contribution in [1.29, 1.82) is 0 Å². The summed E-state index contributed by atoms with van der Waals surface area (Å²) in [5.74, 6) is 0.00301. The summed E-state index contributed by atoms with van der Waals surface area (Å²) in [7, 11) is 0. The number of para-hydroxylation sites is 1. The molecule has 1 aromatic carbocycles. The Kier molecular flexibility index (Phi) is 3.71. The predicted molar refractivity (Wildman–Crippen MR) is 74.5 cm³/mol. The van der Waals surface area contributed by atoms with Gasteiger partial charge in [0.25, 0.3) is 0 Å². The molecule has 0 bridgehead atoms. The molecule has 0 saturated carbocycles. The van der Waals surface area contributed by atoms with Crippen LogP contribution in [0.25, 0.3) is 0 Å². The van der Waals surface area contributed by atoms with Crippen molar-refractivity contribution in [3.05, 3.63) is 29.8 Å². The molecule has 0 aliphatic carbocycles. The van der Waals surface area contributed by atoms with E-state index < -0.39 is 0 Å². The number of amides is 1. The van der Waals surface area contributed by atoms with Crippen LogP contribution in [-0.2, 0) is 11.2 Å². The van der Waals surface area contributed by atoms with Crippen LogP contribution in [0.5, 0.6) is 0 Å². The van der Waals surface area contributed by atoms with Gasteiger partial charge in [-0.15, -0.1) is 0 Å². The van der Waals surface area contributed by atoms with Gasteiger partial charge in [-0.1, -0.05) is 25.1 Å². The van der Waals surface area contributed by atoms with Crippen molar-refractivity contribution < 1.29 is 4.79 Å². The van der Waals surface area contributed by atoms with Crippen LogP contribution in [0.1, 0.15) is 32.8 Å². The molecule has 2 rings (SSSR count). The van der Waals surface area contributed by atoms with Crippen LogP contribution in [0, 0.1) is 5.92 Å². The van der Waals surface area contributed by atoms with Crippen LogP contribution in [0.3, 0.4) is 0 Å². The highest BCUT2D eigenvalue weighted by molar-refractivity contribution is 5.96. The average molecular weight is 246 g/mol. The zero-order chi connectivity index (χ0) is 13.3. The molecule has 3 unspecified atom stereocenters. The fourth-order valence-electron chi connectivity index (χ4n) is 2.47. The summed E-state index contributed by atoms with van der Waals surface area (Å²) >= 11 is 0. The number of hydrogen-bond donors (Lipinski definition) is 1. The van der Waals surface area contributed by atoms with Crippen LogP contribution in [0.2, 0.25) is 0 Å². The first-order valence-corrected chi connectivity index (χ1v) is 6.69. The molecular formula is C15H22N2O. The minimum atomic E-state index is -0.140. The molecule has 1 amide bonds. The Morgan fingerprint density at radius 3 is 2.72 bits per heavy atom. The number of anilines is 1. The quantitative estimate of drug-likeness (QED) is 0.870. The molecule has 98 valence electrons. The Labute approximate surface area is 109 Å². The van der Waals surface area contributed by atoms with Crippen molar-refractivity contribution >= 4 is 11.6 Å². The van der Waals surface area contributed by atoms with E-state index in [2.05, 4.69) is 13.0 Å². The normalized spacial score (nSPS) is 22.2. The number of nitrogens with two attached hydrogens (primary N) is 1. The molecule has 0 radical (unpaired) electrons. The molecule has 1 aliphatic heterocycles. The number of benzene rings is 1. The maximum atomic E-state index is 12.6. The largest absolute Gasteiger partial charge is 0.327 e. The number of carbonyl (C=O) groups excluding carboxylic acids is 1. The number of aryl methyl sites for hydroxylation is 1. The Morgan fingerprint density at radius 1 is 1.39 bits per heavy atom. The van der Waals surface area contributed by atoms with Crippen molar-refractivity contribution in [3.63, 3.8) is 0 Å². The molecule has 0 aromatic heterocycles. The number of fused-ring (bicyclic) bond motifs is 1. The monoisotopic (exact) mass is 246 g/mol. The topological polar surface area (TPSA) is 46.3 Å². The van der Waals surface area contributed by atoms with Crippen molar-refractivity contribution in [3.8, 4) is 0 Å². The zero-order valence-electron chi connectivity index (χ0n) is 11.4. The van der Waals surface area contributed by atoms with Crippen LogP contribution < -0.4 is 10.6 Å². The summed E-state index contributed by atoms with van der Waals surface area (Å²) < 4.78 is 0. The molecule has 3 nitrogen and oxygen atoms in total. The van der Waals surface area contributed by atoms with E-state index in [4.69, 9.17) is 5.73 Å². The molecule has 0 fully saturated rings. The van der Waals surface area contributed by atoms with E-state index in [-0.39, 0.29) is 23.9 Å². The number of rotatable bonds is 2. The van der Waals surface area contributed by atoms with Gasteiger partial charge in [-0.3, -0.25) is 4.79 Å². The predicted octanol–water partition coefficient (Wildman–Crippen LogP) is 2.34. The van der Waals surface area contributed by atoms with Crippen molar-refractivity contribution in [2.45, 2.75) is 45.7 Å². The summed E-state index contributed by atoms with van der Waals surface area (Å²) in [4.78, 5) is 14.5. The number of carbonyl (C=O) groups is 1. The lowest BCUT2D eigenvalue weighted by Gasteiger charge is -2.37. The van der Waals surface area contributed by atoms with Crippen LogP contribution in [0.4, 0.5) is 5.69 Å². The average Bonchev–Trinajstić information content (AvgIpc) is 2.37. The van der Waals surface area contributed by atoms with E-state index in [1.54, 1.807) is 0 Å². The highest BCUT2D eigenvalue weighted by Crippen LogP contribution is 2.31. The molecule has 0 saturated heterocycles. The minimum Gasteiger partial charge on any atom is -0.327 e. The maximum absolute atomic E-state index is 12.6. The zero-order valence-corrected chi connectivity index (χ0v) is 11.4. The fourth-order valence-corrected chi connectivity index (χ4v) is 2.47. The van der Waals surface area contributed by atoms with E-state index in [1.165, 1.54) is 5.56 Å². The standard InChI is InChI=1S/C15H22N2O/c1-10-8-9-13-6-4-5-7-14(13)17(10)15(18)11(2)12(3)16/h4-7,10-12H,8-9,16H2,1-3H3. The Hall–Kier alpha value is -1.35. The van der Waals surface area contributed by atoms with Gasteiger partial charge in [-0.2, -0.15) is 0 Å². The van der Waals surface area contributed by atoms with Gasteiger partial charge >= 0.3 is 0 Å². The lowest BCUT2D eigenvalue weighted by Crippen LogP contribution is -2.48. The van der Waals surface area contributed by atoms with E-state index in [0.29, 0.717) is 0 Å². The van der Waals surface area contributed by atoms with Gasteiger partial charge in [0.2, 0.25) is 5.91 Å². The summed E-state index contributed by atoms with van der Waals surface area (Å²) in [5.41, 5.74) is 8.19.